The Balaban J connectivity index is 2.32. The molecule has 0 bridgehead atoms. The fourth-order valence-electron chi connectivity index (χ4n) is 1.87. The van der Waals surface area contributed by atoms with Crippen molar-refractivity contribution in [2.75, 3.05) is 26.2 Å². The maximum Gasteiger partial charge on any atom is 0.244 e. The highest BCUT2D eigenvalue weighted by Crippen LogP contribution is 1.99. The molecule has 1 atom stereocenters. The molecule has 0 radical (unpaired) electrons. The molecule has 17 heavy (non-hydrogen) atoms. The first-order valence-corrected chi connectivity index (χ1v) is 6.44. The molecule has 2 amide bonds. The molecule has 1 fully saturated rings. The van der Waals surface area contributed by atoms with Gasteiger partial charge in [-0.05, 0) is 13.3 Å². The van der Waals surface area contributed by atoms with Gasteiger partial charge in [0, 0.05) is 32.6 Å². The molecule has 0 aliphatic carbocycles. The Morgan fingerprint density at radius 3 is 2.59 bits per heavy atom. The van der Waals surface area contributed by atoms with Crippen LogP contribution in [0.1, 0.15) is 33.1 Å². The van der Waals surface area contributed by atoms with Gasteiger partial charge in [0.15, 0.2) is 0 Å². The van der Waals surface area contributed by atoms with E-state index >= 15 is 0 Å². The highest BCUT2D eigenvalue weighted by atomic mass is 16.2. The van der Waals surface area contributed by atoms with E-state index in [-0.39, 0.29) is 11.8 Å². The van der Waals surface area contributed by atoms with Crippen LogP contribution in [0.15, 0.2) is 0 Å². The Labute approximate surface area is 103 Å². The minimum absolute atomic E-state index is 0.0244. The molecule has 1 heterocycles. The average molecular weight is 241 g/mol. The summed E-state index contributed by atoms with van der Waals surface area (Å²) in [6, 6.07) is -0.405. The number of rotatable bonds is 5. The van der Waals surface area contributed by atoms with E-state index in [9.17, 15) is 9.59 Å². The van der Waals surface area contributed by atoms with Gasteiger partial charge in [-0.25, -0.2) is 0 Å². The molecule has 1 unspecified atom stereocenters. The smallest absolute Gasteiger partial charge is 0.244 e. The highest BCUT2D eigenvalue weighted by Gasteiger charge is 2.22. The number of unbranched alkanes of at least 4 members (excludes halogenated alkanes) is 1. The van der Waals surface area contributed by atoms with E-state index in [2.05, 4.69) is 10.6 Å². The number of nitrogens with zero attached hydrogens (tertiary/aromatic N) is 1. The second-order valence-corrected chi connectivity index (χ2v) is 4.47. The van der Waals surface area contributed by atoms with Crippen molar-refractivity contribution in [3.8, 4) is 0 Å². The van der Waals surface area contributed by atoms with Crippen molar-refractivity contribution in [2.45, 2.75) is 39.2 Å². The Hall–Kier alpha value is -1.10. The van der Waals surface area contributed by atoms with Crippen molar-refractivity contribution in [2.24, 2.45) is 0 Å². The molecule has 0 saturated carbocycles. The molecule has 5 nitrogen and oxygen atoms in total. The van der Waals surface area contributed by atoms with Gasteiger partial charge in [0.2, 0.25) is 11.8 Å². The van der Waals surface area contributed by atoms with E-state index < -0.39 is 6.04 Å². The Bertz CT molecular complexity index is 262. The lowest BCUT2D eigenvalue weighted by molar-refractivity contribution is -0.136. The van der Waals surface area contributed by atoms with E-state index in [0.717, 1.165) is 39.0 Å². The lowest BCUT2D eigenvalue weighted by Gasteiger charge is -2.30. The average Bonchev–Trinajstić information content (AvgIpc) is 2.36. The molecule has 98 valence electrons. The number of nitrogens with one attached hydrogen (secondary N) is 2. The molecule has 0 aromatic heterocycles. The van der Waals surface area contributed by atoms with Crippen LogP contribution in [-0.4, -0.2) is 48.9 Å². The minimum Gasteiger partial charge on any atom is -0.345 e. The van der Waals surface area contributed by atoms with E-state index in [0.29, 0.717) is 6.42 Å². The van der Waals surface area contributed by atoms with Gasteiger partial charge in [0.25, 0.3) is 0 Å². The number of hydrogen-bond acceptors (Lipinski definition) is 3. The van der Waals surface area contributed by atoms with Crippen LogP contribution in [-0.2, 0) is 9.59 Å². The monoisotopic (exact) mass is 241 g/mol. The first-order valence-electron chi connectivity index (χ1n) is 6.44. The Morgan fingerprint density at radius 2 is 2.00 bits per heavy atom. The summed E-state index contributed by atoms with van der Waals surface area (Å²) in [7, 11) is 0. The fraction of sp³-hybridized carbons (Fsp3) is 0.833. The van der Waals surface area contributed by atoms with Crippen molar-refractivity contribution in [3.63, 3.8) is 0 Å². The van der Waals surface area contributed by atoms with Gasteiger partial charge in [-0.15, -0.1) is 0 Å². The molecule has 1 rings (SSSR count). The van der Waals surface area contributed by atoms with Crippen molar-refractivity contribution < 1.29 is 9.59 Å². The number of carbonyl (C=O) groups excluding carboxylic acids is 2. The molecule has 0 aromatic carbocycles. The summed E-state index contributed by atoms with van der Waals surface area (Å²) in [4.78, 5) is 25.3. The minimum atomic E-state index is -0.405. The number of amides is 2. The standard InChI is InChI=1S/C12H23N3O2/c1-3-4-5-11(16)14-10(2)12(17)15-8-6-13-7-9-15/h10,13H,3-9H2,1-2H3,(H,14,16). The number of piperazine rings is 1. The van der Waals surface area contributed by atoms with Crippen LogP contribution < -0.4 is 10.6 Å². The topological polar surface area (TPSA) is 61.4 Å². The molecule has 1 aliphatic heterocycles. The molecular formula is C12H23N3O2. The summed E-state index contributed by atoms with van der Waals surface area (Å²) in [6.07, 6.45) is 2.38. The molecule has 1 aliphatic rings. The van der Waals surface area contributed by atoms with Gasteiger partial charge in [-0.3, -0.25) is 9.59 Å². The number of hydrogen-bond donors (Lipinski definition) is 2. The fourth-order valence-corrected chi connectivity index (χ4v) is 1.87. The Morgan fingerprint density at radius 1 is 1.35 bits per heavy atom. The van der Waals surface area contributed by atoms with Crippen LogP contribution in [0.3, 0.4) is 0 Å². The second-order valence-electron chi connectivity index (χ2n) is 4.47. The summed E-state index contributed by atoms with van der Waals surface area (Å²) in [5.74, 6) is -0.000757. The predicted octanol–water partition coefficient (Wildman–Crippen LogP) is 0.113. The zero-order chi connectivity index (χ0) is 12.7. The van der Waals surface area contributed by atoms with Gasteiger partial charge in [0.1, 0.15) is 6.04 Å². The van der Waals surface area contributed by atoms with Gasteiger partial charge in [0.05, 0.1) is 0 Å². The molecule has 0 aromatic rings. The third-order valence-electron chi connectivity index (χ3n) is 2.93. The molecule has 1 saturated heterocycles. The van der Waals surface area contributed by atoms with Crippen molar-refractivity contribution >= 4 is 11.8 Å². The first kappa shape index (κ1) is 14.0. The summed E-state index contributed by atoms with van der Waals surface area (Å²) in [5, 5.41) is 5.96. The maximum atomic E-state index is 12.0. The van der Waals surface area contributed by atoms with Gasteiger partial charge in [-0.2, -0.15) is 0 Å². The second kappa shape index (κ2) is 7.27. The SMILES string of the molecule is CCCCC(=O)NC(C)C(=O)N1CCNCC1. The summed E-state index contributed by atoms with van der Waals surface area (Å²) >= 11 is 0. The van der Waals surface area contributed by atoms with Crippen LogP contribution in [0.4, 0.5) is 0 Å². The molecule has 5 heteroatoms. The summed E-state index contributed by atoms with van der Waals surface area (Å²) in [5.41, 5.74) is 0. The molecule has 2 N–H and O–H groups in total. The van der Waals surface area contributed by atoms with Crippen molar-refractivity contribution in [1.29, 1.82) is 0 Å². The van der Waals surface area contributed by atoms with Crippen LogP contribution >= 0.6 is 0 Å². The lowest BCUT2D eigenvalue weighted by atomic mass is 10.2. The van der Waals surface area contributed by atoms with Crippen LogP contribution in [0.25, 0.3) is 0 Å². The molecule has 0 spiro atoms. The molecular weight excluding hydrogens is 218 g/mol. The zero-order valence-corrected chi connectivity index (χ0v) is 10.8. The van der Waals surface area contributed by atoms with Gasteiger partial charge >= 0.3 is 0 Å². The third kappa shape index (κ3) is 4.73. The first-order chi connectivity index (χ1) is 8.15. The van der Waals surface area contributed by atoms with E-state index in [4.69, 9.17) is 0 Å². The van der Waals surface area contributed by atoms with Crippen LogP contribution in [0, 0.1) is 0 Å². The largest absolute Gasteiger partial charge is 0.345 e. The zero-order valence-electron chi connectivity index (χ0n) is 10.8. The lowest BCUT2D eigenvalue weighted by Crippen LogP contribution is -2.53. The van der Waals surface area contributed by atoms with Crippen LogP contribution in [0.2, 0.25) is 0 Å². The highest BCUT2D eigenvalue weighted by molar-refractivity contribution is 5.87. The normalized spacial score (nSPS) is 17.6. The van der Waals surface area contributed by atoms with Gasteiger partial charge < -0.3 is 15.5 Å². The predicted molar refractivity (Wildman–Crippen MR) is 66.6 cm³/mol. The Kier molecular flexibility index (Phi) is 5.97. The van der Waals surface area contributed by atoms with Crippen LogP contribution in [0.5, 0.6) is 0 Å². The summed E-state index contributed by atoms with van der Waals surface area (Å²) < 4.78 is 0. The van der Waals surface area contributed by atoms with Gasteiger partial charge in [-0.1, -0.05) is 13.3 Å². The number of carbonyl (C=O) groups is 2. The quantitative estimate of drug-likeness (QED) is 0.718. The van der Waals surface area contributed by atoms with E-state index in [1.165, 1.54) is 0 Å². The third-order valence-corrected chi connectivity index (χ3v) is 2.93. The van der Waals surface area contributed by atoms with E-state index in [1.54, 1.807) is 11.8 Å². The van der Waals surface area contributed by atoms with E-state index in [1.807, 2.05) is 6.92 Å². The van der Waals surface area contributed by atoms with Crippen molar-refractivity contribution in [1.82, 2.24) is 15.5 Å². The van der Waals surface area contributed by atoms with Crippen molar-refractivity contribution in [3.05, 3.63) is 0 Å². The maximum absolute atomic E-state index is 12.0. The summed E-state index contributed by atoms with van der Waals surface area (Å²) in [6.45, 7) is 6.93.